The highest BCUT2D eigenvalue weighted by Gasteiger charge is 2.20. The first kappa shape index (κ1) is 12.2. The van der Waals surface area contributed by atoms with E-state index in [0.717, 1.165) is 5.56 Å². The maximum absolute atomic E-state index is 11.2. The van der Waals surface area contributed by atoms with Gasteiger partial charge in [-0.05, 0) is 31.5 Å². The fourth-order valence-corrected chi connectivity index (χ4v) is 1.80. The summed E-state index contributed by atoms with van der Waals surface area (Å²) in [7, 11) is -3.14. The predicted octanol–water partition coefficient (Wildman–Crippen LogP) is 1.22. The molecule has 1 aromatic carbocycles. The Morgan fingerprint density at radius 3 is 2.00 bits per heavy atom. The van der Waals surface area contributed by atoms with Gasteiger partial charge in [0.05, 0.1) is 4.90 Å². The summed E-state index contributed by atoms with van der Waals surface area (Å²) in [6.45, 7) is 3.62. The second-order valence-corrected chi connectivity index (χ2v) is 5.94. The summed E-state index contributed by atoms with van der Waals surface area (Å²) >= 11 is 0. The first-order chi connectivity index (χ1) is 6.77. The van der Waals surface area contributed by atoms with Crippen molar-refractivity contribution in [1.82, 2.24) is 0 Å². The molecule has 0 bridgehead atoms. The van der Waals surface area contributed by atoms with E-state index < -0.39 is 15.4 Å². The topological polar surface area (TPSA) is 69.4 Å². The first-order valence-corrected chi connectivity index (χ1v) is 6.35. The average Bonchev–Trinajstić information content (AvgIpc) is 2.17. The Balaban J connectivity index is 3.12. The van der Waals surface area contributed by atoms with E-state index in [2.05, 4.69) is 0 Å². The highest BCUT2D eigenvalue weighted by Crippen LogP contribution is 2.23. The lowest BCUT2D eigenvalue weighted by Gasteiger charge is -2.22. The van der Waals surface area contributed by atoms with Crippen LogP contribution < -0.4 is 5.90 Å². The molecule has 0 aromatic heterocycles. The third kappa shape index (κ3) is 2.77. The smallest absolute Gasteiger partial charge is 0.175 e. The Morgan fingerprint density at radius 2 is 1.67 bits per heavy atom. The van der Waals surface area contributed by atoms with Gasteiger partial charge < -0.3 is 0 Å². The van der Waals surface area contributed by atoms with Crippen LogP contribution in [0.1, 0.15) is 19.4 Å². The maximum atomic E-state index is 11.2. The molecule has 84 valence electrons. The van der Waals surface area contributed by atoms with E-state index in [1.807, 2.05) is 13.8 Å². The van der Waals surface area contributed by atoms with Crippen LogP contribution in [0.4, 0.5) is 0 Å². The molecule has 0 spiro atoms. The molecule has 0 aliphatic heterocycles. The van der Waals surface area contributed by atoms with E-state index in [4.69, 9.17) is 10.7 Å². The molecule has 2 N–H and O–H groups in total. The Morgan fingerprint density at radius 1 is 1.20 bits per heavy atom. The molecular formula is C10H15NO3S. The highest BCUT2D eigenvalue weighted by atomic mass is 32.2. The first-order valence-electron chi connectivity index (χ1n) is 4.46. The molecular weight excluding hydrogens is 214 g/mol. The van der Waals surface area contributed by atoms with Gasteiger partial charge in [0.15, 0.2) is 9.84 Å². The molecule has 0 amide bonds. The molecule has 0 saturated heterocycles. The summed E-state index contributed by atoms with van der Waals surface area (Å²) in [5.41, 5.74) is 0.216. The number of hydrogen-bond donors (Lipinski definition) is 1. The van der Waals surface area contributed by atoms with Crippen molar-refractivity contribution in [1.29, 1.82) is 0 Å². The van der Waals surface area contributed by atoms with Crippen molar-refractivity contribution in [3.8, 4) is 0 Å². The van der Waals surface area contributed by atoms with E-state index in [-0.39, 0.29) is 0 Å². The van der Waals surface area contributed by atoms with Crippen molar-refractivity contribution in [3.05, 3.63) is 29.8 Å². The predicted molar refractivity (Wildman–Crippen MR) is 57.9 cm³/mol. The van der Waals surface area contributed by atoms with Crippen molar-refractivity contribution < 1.29 is 13.3 Å². The quantitative estimate of drug-likeness (QED) is 0.791. The number of benzene rings is 1. The lowest BCUT2D eigenvalue weighted by atomic mass is 9.99. The van der Waals surface area contributed by atoms with Crippen molar-refractivity contribution >= 4 is 9.84 Å². The zero-order valence-corrected chi connectivity index (χ0v) is 9.84. The van der Waals surface area contributed by atoms with E-state index >= 15 is 0 Å². The van der Waals surface area contributed by atoms with Crippen LogP contribution in [0.15, 0.2) is 29.2 Å². The van der Waals surface area contributed by atoms with Gasteiger partial charge in [0.25, 0.3) is 0 Å². The average molecular weight is 229 g/mol. The van der Waals surface area contributed by atoms with E-state index in [0.29, 0.717) is 4.90 Å². The third-order valence-electron chi connectivity index (χ3n) is 2.27. The molecule has 0 aliphatic carbocycles. The van der Waals surface area contributed by atoms with Crippen LogP contribution in [0.2, 0.25) is 0 Å². The molecule has 5 heteroatoms. The van der Waals surface area contributed by atoms with Crippen molar-refractivity contribution in [2.75, 3.05) is 6.26 Å². The monoisotopic (exact) mass is 229 g/mol. The summed E-state index contributed by atoms with van der Waals surface area (Å²) in [5, 5.41) is 0. The van der Waals surface area contributed by atoms with Crippen LogP contribution in [0.25, 0.3) is 0 Å². The Bertz CT molecular complexity index is 434. The van der Waals surface area contributed by atoms with Gasteiger partial charge in [-0.2, -0.15) is 0 Å². The maximum Gasteiger partial charge on any atom is 0.175 e. The van der Waals surface area contributed by atoms with Gasteiger partial charge in [-0.1, -0.05) is 12.1 Å². The Hall–Kier alpha value is -0.910. The molecule has 1 rings (SSSR count). The molecule has 0 saturated carbocycles. The summed E-state index contributed by atoms with van der Waals surface area (Å²) in [4.78, 5) is 5.09. The van der Waals surface area contributed by atoms with Crippen LogP contribution >= 0.6 is 0 Å². The SMILES string of the molecule is CC(C)(ON)c1ccc(S(C)(=O)=O)cc1. The van der Waals surface area contributed by atoms with E-state index in [1.165, 1.54) is 6.26 Å². The van der Waals surface area contributed by atoms with Gasteiger partial charge in [-0.15, -0.1) is 0 Å². The summed E-state index contributed by atoms with van der Waals surface area (Å²) in [6, 6.07) is 6.49. The van der Waals surface area contributed by atoms with Crippen molar-refractivity contribution in [2.24, 2.45) is 5.90 Å². The van der Waals surface area contributed by atoms with Gasteiger partial charge in [0.2, 0.25) is 0 Å². The molecule has 0 radical (unpaired) electrons. The number of rotatable bonds is 3. The molecule has 1 aromatic rings. The van der Waals surface area contributed by atoms with Gasteiger partial charge in [-0.25, -0.2) is 14.3 Å². The Labute approximate surface area is 89.9 Å². The molecule has 0 atom stereocenters. The normalized spacial score (nSPS) is 12.8. The summed E-state index contributed by atoms with van der Waals surface area (Å²) < 4.78 is 22.4. The van der Waals surface area contributed by atoms with Crippen LogP contribution in [0.5, 0.6) is 0 Å². The van der Waals surface area contributed by atoms with Gasteiger partial charge in [0.1, 0.15) is 5.60 Å². The second-order valence-electron chi connectivity index (χ2n) is 3.92. The lowest BCUT2D eigenvalue weighted by Crippen LogP contribution is -2.25. The summed E-state index contributed by atoms with van der Waals surface area (Å²) in [6.07, 6.45) is 1.17. The van der Waals surface area contributed by atoms with Crippen LogP contribution in [0, 0.1) is 0 Å². The molecule has 0 aliphatic rings. The van der Waals surface area contributed by atoms with Gasteiger partial charge in [0, 0.05) is 6.26 Å². The third-order valence-corrected chi connectivity index (χ3v) is 3.40. The zero-order chi connectivity index (χ0) is 11.7. The zero-order valence-electron chi connectivity index (χ0n) is 9.02. The minimum Gasteiger partial charge on any atom is -0.294 e. The van der Waals surface area contributed by atoms with Crippen LogP contribution in [0.3, 0.4) is 0 Å². The molecule has 0 unspecified atom stereocenters. The van der Waals surface area contributed by atoms with Crippen molar-refractivity contribution in [2.45, 2.75) is 24.3 Å². The molecule has 0 fully saturated rings. The summed E-state index contributed by atoms with van der Waals surface area (Å²) in [5.74, 6) is 5.14. The highest BCUT2D eigenvalue weighted by molar-refractivity contribution is 7.90. The molecule has 15 heavy (non-hydrogen) atoms. The Kier molecular flexibility index (Phi) is 3.18. The lowest BCUT2D eigenvalue weighted by molar-refractivity contribution is -0.0236. The number of hydrogen-bond acceptors (Lipinski definition) is 4. The second kappa shape index (κ2) is 3.92. The standard InChI is InChI=1S/C10H15NO3S/c1-10(2,14-11)8-4-6-9(7-5-8)15(3,12)13/h4-7H,11H2,1-3H3. The molecule has 4 nitrogen and oxygen atoms in total. The van der Waals surface area contributed by atoms with Crippen LogP contribution in [-0.2, 0) is 20.3 Å². The largest absolute Gasteiger partial charge is 0.294 e. The minimum atomic E-state index is -3.14. The van der Waals surface area contributed by atoms with E-state index in [1.54, 1.807) is 24.3 Å². The minimum absolute atomic E-state index is 0.291. The van der Waals surface area contributed by atoms with Crippen molar-refractivity contribution in [3.63, 3.8) is 0 Å². The number of sulfone groups is 1. The molecule has 0 heterocycles. The van der Waals surface area contributed by atoms with Gasteiger partial charge in [-0.3, -0.25) is 4.84 Å². The number of nitrogens with two attached hydrogens (primary N) is 1. The fraction of sp³-hybridized carbons (Fsp3) is 0.400. The van der Waals surface area contributed by atoms with Gasteiger partial charge >= 0.3 is 0 Å². The van der Waals surface area contributed by atoms with Crippen LogP contribution in [-0.4, -0.2) is 14.7 Å². The van der Waals surface area contributed by atoms with E-state index in [9.17, 15) is 8.42 Å². The fourth-order valence-electron chi connectivity index (χ4n) is 1.17.